The molecule has 0 unspecified atom stereocenters. The summed E-state index contributed by atoms with van der Waals surface area (Å²) >= 11 is 1.02. The molecule has 9 heteroatoms. The highest BCUT2D eigenvalue weighted by atomic mass is 32.1. The Morgan fingerprint density at radius 2 is 1.78 bits per heavy atom. The van der Waals surface area contributed by atoms with E-state index in [4.69, 9.17) is 4.74 Å². The summed E-state index contributed by atoms with van der Waals surface area (Å²) in [5.41, 5.74) is 1.75. The number of hydrogen-bond donors (Lipinski definition) is 1. The Balaban J connectivity index is 1.61. The van der Waals surface area contributed by atoms with Crippen LogP contribution in [0.4, 0.5) is 10.8 Å². The van der Waals surface area contributed by atoms with E-state index in [2.05, 4.69) is 10.3 Å². The first kappa shape index (κ1) is 21.4. The summed E-state index contributed by atoms with van der Waals surface area (Å²) in [5, 5.41) is 2.93. The topological polar surface area (TPSA) is 106 Å². The highest BCUT2D eigenvalue weighted by Crippen LogP contribution is 2.32. The van der Waals surface area contributed by atoms with Crippen LogP contribution >= 0.6 is 11.3 Å². The van der Waals surface area contributed by atoms with Crippen LogP contribution in [0.5, 0.6) is 0 Å². The van der Waals surface area contributed by atoms with Crippen LogP contribution in [-0.2, 0) is 14.3 Å². The van der Waals surface area contributed by atoms with E-state index in [9.17, 15) is 19.2 Å². The summed E-state index contributed by atoms with van der Waals surface area (Å²) < 4.78 is 5.14. The fourth-order valence-corrected chi connectivity index (χ4v) is 4.20. The zero-order valence-electron chi connectivity index (χ0n) is 17.2. The monoisotopic (exact) mass is 449 g/mol. The van der Waals surface area contributed by atoms with E-state index in [0.29, 0.717) is 11.4 Å². The quantitative estimate of drug-likeness (QED) is 0.452. The fourth-order valence-electron chi connectivity index (χ4n) is 3.32. The third kappa shape index (κ3) is 4.28. The molecule has 1 N–H and O–H groups in total. The third-order valence-electron chi connectivity index (χ3n) is 4.77. The van der Waals surface area contributed by atoms with Crippen molar-refractivity contribution in [3.63, 3.8) is 0 Å². The van der Waals surface area contributed by atoms with Crippen molar-refractivity contribution in [3.8, 4) is 11.3 Å². The normalized spacial score (nSPS) is 13.3. The SMILES string of the molecule is CCOC(=O)c1sc(NC(=O)c2cccc(N3C(=O)CCC3=O)c2)nc1-c1ccccc1. The van der Waals surface area contributed by atoms with Gasteiger partial charge >= 0.3 is 5.97 Å². The van der Waals surface area contributed by atoms with Crippen molar-refractivity contribution in [1.82, 2.24) is 4.98 Å². The molecule has 1 aliphatic heterocycles. The van der Waals surface area contributed by atoms with E-state index < -0.39 is 11.9 Å². The number of esters is 1. The van der Waals surface area contributed by atoms with Gasteiger partial charge in [0.25, 0.3) is 5.91 Å². The number of hydrogen-bond acceptors (Lipinski definition) is 7. The van der Waals surface area contributed by atoms with Gasteiger partial charge in [-0.1, -0.05) is 47.7 Å². The lowest BCUT2D eigenvalue weighted by molar-refractivity contribution is -0.121. The van der Waals surface area contributed by atoms with Crippen molar-refractivity contribution < 1.29 is 23.9 Å². The average Bonchev–Trinajstić information content (AvgIpc) is 3.37. The molecule has 0 radical (unpaired) electrons. The zero-order chi connectivity index (χ0) is 22.7. The number of benzene rings is 2. The van der Waals surface area contributed by atoms with Crippen molar-refractivity contribution in [2.45, 2.75) is 19.8 Å². The van der Waals surface area contributed by atoms with Crippen molar-refractivity contribution in [1.29, 1.82) is 0 Å². The second-order valence-electron chi connectivity index (χ2n) is 6.91. The fraction of sp³-hybridized carbons (Fsp3) is 0.174. The molecule has 0 atom stereocenters. The van der Waals surface area contributed by atoms with Gasteiger partial charge < -0.3 is 4.74 Å². The van der Waals surface area contributed by atoms with Gasteiger partial charge in [-0.3, -0.25) is 24.6 Å². The largest absolute Gasteiger partial charge is 0.462 e. The van der Waals surface area contributed by atoms with Crippen LogP contribution in [0, 0.1) is 0 Å². The number of rotatable bonds is 6. The van der Waals surface area contributed by atoms with Gasteiger partial charge in [-0.25, -0.2) is 9.78 Å². The first-order chi connectivity index (χ1) is 15.5. The molecule has 3 aromatic rings. The summed E-state index contributed by atoms with van der Waals surface area (Å²) in [4.78, 5) is 55.1. The van der Waals surface area contributed by atoms with Crippen LogP contribution in [0.2, 0.25) is 0 Å². The molecule has 8 nitrogen and oxygen atoms in total. The van der Waals surface area contributed by atoms with Gasteiger partial charge in [0.1, 0.15) is 4.88 Å². The molecule has 1 fully saturated rings. The maximum absolute atomic E-state index is 12.8. The average molecular weight is 449 g/mol. The first-order valence-corrected chi connectivity index (χ1v) is 10.8. The first-order valence-electron chi connectivity index (χ1n) is 9.98. The van der Waals surface area contributed by atoms with Crippen molar-refractivity contribution in [3.05, 3.63) is 65.0 Å². The van der Waals surface area contributed by atoms with Crippen LogP contribution in [0.3, 0.4) is 0 Å². The van der Waals surface area contributed by atoms with Crippen molar-refractivity contribution in [2.24, 2.45) is 0 Å². The summed E-state index contributed by atoms with van der Waals surface area (Å²) in [6, 6.07) is 15.4. The molecule has 1 saturated heterocycles. The minimum absolute atomic E-state index is 0.160. The number of nitrogens with zero attached hydrogens (tertiary/aromatic N) is 2. The summed E-state index contributed by atoms with van der Waals surface area (Å²) in [5.74, 6) is -1.58. The van der Waals surface area contributed by atoms with E-state index in [1.165, 1.54) is 6.07 Å². The minimum Gasteiger partial charge on any atom is -0.462 e. The van der Waals surface area contributed by atoms with Crippen LogP contribution in [-0.4, -0.2) is 35.3 Å². The highest BCUT2D eigenvalue weighted by Gasteiger charge is 2.30. The maximum atomic E-state index is 12.8. The number of carbonyl (C=O) groups is 4. The lowest BCUT2D eigenvalue weighted by Crippen LogP contribution is -2.28. The Labute approximate surface area is 187 Å². The molecule has 1 aliphatic rings. The summed E-state index contributed by atoms with van der Waals surface area (Å²) in [6.07, 6.45) is 0.320. The van der Waals surface area contributed by atoms with Crippen molar-refractivity contribution in [2.75, 3.05) is 16.8 Å². The smallest absolute Gasteiger partial charge is 0.350 e. The number of nitrogens with one attached hydrogen (secondary N) is 1. The third-order valence-corrected chi connectivity index (χ3v) is 5.72. The number of amides is 3. The number of thiazole rings is 1. The second-order valence-corrected chi connectivity index (χ2v) is 7.91. The molecule has 0 bridgehead atoms. The molecule has 2 heterocycles. The second kappa shape index (κ2) is 9.11. The molecule has 3 amide bonds. The number of carbonyl (C=O) groups excluding carboxylic acids is 4. The van der Waals surface area contributed by atoms with E-state index >= 15 is 0 Å². The van der Waals surface area contributed by atoms with Gasteiger partial charge in [-0.05, 0) is 25.1 Å². The van der Waals surface area contributed by atoms with Crippen LogP contribution in [0.15, 0.2) is 54.6 Å². The molecular formula is C23H19N3O5S. The molecule has 32 heavy (non-hydrogen) atoms. The predicted molar refractivity (Wildman–Crippen MR) is 120 cm³/mol. The lowest BCUT2D eigenvalue weighted by atomic mass is 10.1. The van der Waals surface area contributed by atoms with E-state index in [0.717, 1.165) is 21.8 Å². The molecule has 0 aliphatic carbocycles. The lowest BCUT2D eigenvalue weighted by Gasteiger charge is -2.14. The number of ether oxygens (including phenoxy) is 1. The molecular weight excluding hydrogens is 430 g/mol. The van der Waals surface area contributed by atoms with Gasteiger partial charge in [0.15, 0.2) is 5.13 Å². The van der Waals surface area contributed by atoms with Crippen LogP contribution < -0.4 is 10.2 Å². The Bertz CT molecular complexity index is 1190. The molecule has 4 rings (SSSR count). The molecule has 0 spiro atoms. The Kier molecular flexibility index (Phi) is 6.09. The highest BCUT2D eigenvalue weighted by molar-refractivity contribution is 7.18. The Hall–Kier alpha value is -3.85. The molecule has 162 valence electrons. The van der Waals surface area contributed by atoms with Crippen LogP contribution in [0.1, 0.15) is 39.8 Å². The Morgan fingerprint density at radius 3 is 2.47 bits per heavy atom. The van der Waals surface area contributed by atoms with Crippen LogP contribution in [0.25, 0.3) is 11.3 Å². The van der Waals surface area contributed by atoms with Crippen molar-refractivity contribution >= 4 is 45.8 Å². The summed E-state index contributed by atoms with van der Waals surface area (Å²) in [6.45, 7) is 1.93. The predicted octanol–water partition coefficient (Wildman–Crippen LogP) is 3.89. The number of imide groups is 1. The molecule has 1 aromatic heterocycles. The molecule has 0 saturated carbocycles. The van der Waals surface area contributed by atoms with E-state index in [-0.39, 0.29) is 46.8 Å². The number of aromatic nitrogens is 1. The number of anilines is 2. The Morgan fingerprint density at radius 1 is 1.06 bits per heavy atom. The molecule has 2 aromatic carbocycles. The van der Waals surface area contributed by atoms with Gasteiger partial charge in [0, 0.05) is 24.0 Å². The summed E-state index contributed by atoms with van der Waals surface area (Å²) in [7, 11) is 0. The van der Waals surface area contributed by atoms with E-state index in [1.807, 2.05) is 30.3 Å². The van der Waals surface area contributed by atoms with E-state index in [1.54, 1.807) is 25.1 Å². The van der Waals surface area contributed by atoms with Gasteiger partial charge in [0.05, 0.1) is 18.0 Å². The zero-order valence-corrected chi connectivity index (χ0v) is 18.0. The van der Waals surface area contributed by atoms with Gasteiger partial charge in [-0.2, -0.15) is 0 Å². The van der Waals surface area contributed by atoms with Gasteiger partial charge in [0.2, 0.25) is 11.8 Å². The standard InChI is InChI=1S/C23H19N3O5S/c1-2-31-22(30)20-19(14-7-4-3-5-8-14)24-23(32-20)25-21(29)15-9-6-10-16(13-15)26-17(27)11-12-18(26)28/h3-10,13H,2,11-12H2,1H3,(H,24,25,29). The minimum atomic E-state index is -0.516. The maximum Gasteiger partial charge on any atom is 0.350 e. The van der Waals surface area contributed by atoms with Gasteiger partial charge in [-0.15, -0.1) is 0 Å².